The SMILES string of the molecule is CC(O)CCN(C)C(=O)C1(C(N)=S)CC(C)C1. The minimum absolute atomic E-state index is 0.00347. The molecule has 1 atom stereocenters. The third-order valence-corrected chi connectivity index (χ3v) is 3.89. The van der Waals surface area contributed by atoms with Gasteiger partial charge in [-0.1, -0.05) is 19.1 Å². The van der Waals surface area contributed by atoms with Crippen molar-refractivity contribution >= 4 is 23.1 Å². The maximum Gasteiger partial charge on any atom is 0.235 e. The van der Waals surface area contributed by atoms with E-state index < -0.39 is 11.5 Å². The molecule has 5 heteroatoms. The molecular weight excluding hydrogens is 236 g/mol. The molecule has 1 amide bonds. The van der Waals surface area contributed by atoms with Crippen molar-refractivity contribution in [2.24, 2.45) is 17.1 Å². The van der Waals surface area contributed by atoms with Crippen LogP contribution in [0.1, 0.15) is 33.1 Å². The van der Waals surface area contributed by atoms with Crippen molar-refractivity contribution in [2.75, 3.05) is 13.6 Å². The Morgan fingerprint density at radius 3 is 2.53 bits per heavy atom. The van der Waals surface area contributed by atoms with Gasteiger partial charge in [-0.3, -0.25) is 4.79 Å². The number of aliphatic hydroxyl groups is 1. The molecular formula is C12H22N2O2S. The molecule has 17 heavy (non-hydrogen) atoms. The number of carbonyl (C=O) groups is 1. The van der Waals surface area contributed by atoms with E-state index in [1.165, 1.54) is 0 Å². The van der Waals surface area contributed by atoms with Crippen molar-refractivity contribution in [3.8, 4) is 0 Å². The highest BCUT2D eigenvalue weighted by Crippen LogP contribution is 2.46. The fraction of sp³-hybridized carbons (Fsp3) is 0.833. The van der Waals surface area contributed by atoms with Crippen LogP contribution in [0.4, 0.5) is 0 Å². The van der Waals surface area contributed by atoms with Crippen molar-refractivity contribution in [2.45, 2.75) is 39.2 Å². The lowest BCUT2D eigenvalue weighted by molar-refractivity contribution is -0.142. The number of thiocarbonyl (C=S) groups is 1. The molecule has 1 unspecified atom stereocenters. The van der Waals surface area contributed by atoms with Crippen LogP contribution in [0.3, 0.4) is 0 Å². The Kier molecular flexibility index (Phi) is 4.49. The number of amides is 1. The van der Waals surface area contributed by atoms with Crippen molar-refractivity contribution in [3.05, 3.63) is 0 Å². The van der Waals surface area contributed by atoms with E-state index in [1.54, 1.807) is 18.9 Å². The van der Waals surface area contributed by atoms with Crippen LogP contribution in [0.5, 0.6) is 0 Å². The van der Waals surface area contributed by atoms with Crippen LogP contribution in [-0.4, -0.2) is 40.6 Å². The standard InChI is InChI=1S/C12H22N2O2S/c1-8-6-12(7-8,10(13)17)11(16)14(3)5-4-9(2)15/h8-9,15H,4-7H2,1-3H3,(H2,13,17). The highest BCUT2D eigenvalue weighted by atomic mass is 32.1. The van der Waals surface area contributed by atoms with E-state index in [2.05, 4.69) is 6.92 Å². The molecule has 0 bridgehead atoms. The van der Waals surface area contributed by atoms with Crippen molar-refractivity contribution < 1.29 is 9.90 Å². The first-order chi connectivity index (χ1) is 7.79. The summed E-state index contributed by atoms with van der Waals surface area (Å²) < 4.78 is 0. The van der Waals surface area contributed by atoms with E-state index in [0.29, 0.717) is 23.9 Å². The van der Waals surface area contributed by atoms with Gasteiger partial charge >= 0.3 is 0 Å². The largest absolute Gasteiger partial charge is 0.393 e. The highest BCUT2D eigenvalue weighted by molar-refractivity contribution is 7.80. The molecule has 1 aliphatic carbocycles. The smallest absolute Gasteiger partial charge is 0.235 e. The molecule has 0 aromatic rings. The lowest BCUT2D eigenvalue weighted by Crippen LogP contribution is -2.56. The molecule has 0 radical (unpaired) electrons. The summed E-state index contributed by atoms with van der Waals surface area (Å²) in [4.78, 5) is 14.3. The molecule has 0 aromatic heterocycles. The van der Waals surface area contributed by atoms with Gasteiger partial charge in [-0.15, -0.1) is 0 Å². The van der Waals surface area contributed by atoms with Gasteiger partial charge < -0.3 is 15.7 Å². The van der Waals surface area contributed by atoms with Gasteiger partial charge in [-0.2, -0.15) is 0 Å². The van der Waals surface area contributed by atoms with Gasteiger partial charge in [0.05, 0.1) is 16.5 Å². The van der Waals surface area contributed by atoms with Crippen molar-refractivity contribution in [1.82, 2.24) is 4.90 Å². The van der Waals surface area contributed by atoms with E-state index in [-0.39, 0.29) is 5.91 Å². The van der Waals surface area contributed by atoms with Gasteiger partial charge in [0.25, 0.3) is 0 Å². The molecule has 98 valence electrons. The number of nitrogens with zero attached hydrogens (tertiary/aromatic N) is 1. The molecule has 1 fully saturated rings. The normalized spacial score (nSPS) is 29.3. The maximum absolute atomic E-state index is 12.3. The molecule has 4 nitrogen and oxygen atoms in total. The van der Waals surface area contributed by atoms with Crippen molar-refractivity contribution in [1.29, 1.82) is 0 Å². The van der Waals surface area contributed by atoms with Crippen LogP contribution < -0.4 is 5.73 Å². The van der Waals surface area contributed by atoms with Gasteiger partial charge in [0, 0.05) is 13.6 Å². The first-order valence-electron chi connectivity index (χ1n) is 6.03. The second-order valence-electron chi connectivity index (χ2n) is 5.32. The van der Waals surface area contributed by atoms with Crippen LogP contribution in [0, 0.1) is 11.3 Å². The van der Waals surface area contributed by atoms with Gasteiger partial charge in [0.2, 0.25) is 5.91 Å². The Morgan fingerprint density at radius 1 is 1.65 bits per heavy atom. The highest BCUT2D eigenvalue weighted by Gasteiger charge is 2.51. The second kappa shape index (κ2) is 5.31. The molecule has 1 aliphatic rings. The number of nitrogens with two attached hydrogens (primary N) is 1. The average Bonchev–Trinajstić information content (AvgIpc) is 2.19. The predicted octanol–water partition coefficient (Wildman–Crippen LogP) is 0.918. The van der Waals surface area contributed by atoms with Crippen molar-refractivity contribution in [3.63, 3.8) is 0 Å². The Hall–Kier alpha value is -0.680. The Bertz CT molecular complexity index is 312. The number of carbonyl (C=O) groups excluding carboxylic acids is 1. The van der Waals surface area contributed by atoms with E-state index in [1.807, 2.05) is 0 Å². The number of hydrogen-bond acceptors (Lipinski definition) is 3. The van der Waals surface area contributed by atoms with Gasteiger partial charge in [-0.05, 0) is 32.1 Å². The number of aliphatic hydroxyl groups excluding tert-OH is 1. The zero-order chi connectivity index (χ0) is 13.2. The van der Waals surface area contributed by atoms with E-state index >= 15 is 0 Å². The van der Waals surface area contributed by atoms with Crippen LogP contribution in [0.2, 0.25) is 0 Å². The zero-order valence-electron chi connectivity index (χ0n) is 10.8. The predicted molar refractivity (Wildman–Crippen MR) is 71.6 cm³/mol. The van der Waals surface area contributed by atoms with Crippen LogP contribution in [0.25, 0.3) is 0 Å². The second-order valence-corrected chi connectivity index (χ2v) is 5.76. The Morgan fingerprint density at radius 2 is 2.18 bits per heavy atom. The Labute approximate surface area is 108 Å². The summed E-state index contributed by atoms with van der Waals surface area (Å²) in [6.45, 7) is 4.35. The molecule has 0 saturated heterocycles. The number of rotatable bonds is 5. The van der Waals surface area contributed by atoms with E-state index in [0.717, 1.165) is 12.8 Å². The first-order valence-corrected chi connectivity index (χ1v) is 6.44. The van der Waals surface area contributed by atoms with Gasteiger partial charge in [0.15, 0.2) is 0 Å². The molecule has 0 aromatic carbocycles. The van der Waals surface area contributed by atoms with Crippen LogP contribution >= 0.6 is 12.2 Å². The third-order valence-electron chi connectivity index (χ3n) is 3.50. The quantitative estimate of drug-likeness (QED) is 0.720. The summed E-state index contributed by atoms with van der Waals surface area (Å²) in [5.41, 5.74) is 5.10. The fourth-order valence-corrected chi connectivity index (χ4v) is 2.71. The first kappa shape index (κ1) is 14.4. The average molecular weight is 258 g/mol. The van der Waals surface area contributed by atoms with E-state index in [9.17, 15) is 9.90 Å². The molecule has 0 spiro atoms. The molecule has 1 saturated carbocycles. The molecule has 0 heterocycles. The molecule has 3 N–H and O–H groups in total. The topological polar surface area (TPSA) is 66.6 Å². The maximum atomic E-state index is 12.3. The summed E-state index contributed by atoms with van der Waals surface area (Å²) in [6.07, 6.45) is 1.68. The number of hydrogen-bond donors (Lipinski definition) is 2. The lowest BCUT2D eigenvalue weighted by atomic mass is 9.61. The summed E-state index contributed by atoms with van der Waals surface area (Å²) in [5, 5.41) is 9.22. The molecule has 1 rings (SSSR count). The summed E-state index contributed by atoms with van der Waals surface area (Å²) in [7, 11) is 1.74. The summed E-state index contributed by atoms with van der Waals surface area (Å²) >= 11 is 5.05. The zero-order valence-corrected chi connectivity index (χ0v) is 11.6. The monoisotopic (exact) mass is 258 g/mol. The van der Waals surface area contributed by atoms with Gasteiger partial charge in [0.1, 0.15) is 0 Å². The summed E-state index contributed by atoms with van der Waals surface area (Å²) in [6, 6.07) is 0. The van der Waals surface area contributed by atoms with E-state index in [4.69, 9.17) is 18.0 Å². The molecule has 0 aliphatic heterocycles. The summed E-state index contributed by atoms with van der Waals surface area (Å²) in [5.74, 6) is 0.509. The van der Waals surface area contributed by atoms with Crippen LogP contribution in [-0.2, 0) is 4.79 Å². The van der Waals surface area contributed by atoms with Gasteiger partial charge in [-0.25, -0.2) is 0 Å². The van der Waals surface area contributed by atoms with Crippen LogP contribution in [0.15, 0.2) is 0 Å². The minimum Gasteiger partial charge on any atom is -0.393 e. The minimum atomic E-state index is -0.623. The third kappa shape index (κ3) is 2.96. The lowest BCUT2D eigenvalue weighted by Gasteiger charge is -2.46. The Balaban J connectivity index is 2.64. The fourth-order valence-electron chi connectivity index (χ4n) is 2.46.